The van der Waals surface area contributed by atoms with E-state index in [0.29, 0.717) is 11.5 Å². The smallest absolute Gasteiger partial charge is 0.260 e. The van der Waals surface area contributed by atoms with Gasteiger partial charge in [0, 0.05) is 13.6 Å². The maximum atomic E-state index is 11.9. The molecular formula is C14H16N4O2S. The van der Waals surface area contributed by atoms with Gasteiger partial charge in [0.15, 0.2) is 0 Å². The summed E-state index contributed by atoms with van der Waals surface area (Å²) < 4.78 is 0. The van der Waals surface area contributed by atoms with Crippen molar-refractivity contribution in [2.24, 2.45) is 5.73 Å². The minimum atomic E-state index is -0.643. The number of primary amides is 1. The zero-order valence-corrected chi connectivity index (χ0v) is 12.3. The number of hydrogen-bond acceptors (Lipinski definition) is 5. The zero-order chi connectivity index (χ0) is 15.4. The van der Waals surface area contributed by atoms with Crippen molar-refractivity contribution in [3.05, 3.63) is 46.3 Å². The van der Waals surface area contributed by atoms with E-state index in [-0.39, 0.29) is 22.0 Å². The molecule has 0 spiro atoms. The molecule has 2 amide bonds. The number of hydrogen-bond donors (Lipinski definition) is 4. The van der Waals surface area contributed by atoms with Crippen LogP contribution in [0.1, 0.15) is 25.6 Å². The van der Waals surface area contributed by atoms with Crippen LogP contribution in [0.4, 0.5) is 10.7 Å². The molecule has 0 atom stereocenters. The predicted molar refractivity (Wildman–Crippen MR) is 84.4 cm³/mol. The van der Waals surface area contributed by atoms with E-state index in [1.54, 1.807) is 0 Å². The zero-order valence-electron chi connectivity index (χ0n) is 11.5. The van der Waals surface area contributed by atoms with E-state index in [2.05, 4.69) is 10.6 Å². The van der Waals surface area contributed by atoms with Crippen LogP contribution >= 0.6 is 11.3 Å². The Hall–Kier alpha value is -2.54. The van der Waals surface area contributed by atoms with Crippen molar-refractivity contribution in [3.8, 4) is 0 Å². The normalized spacial score (nSPS) is 10.1. The lowest BCUT2D eigenvalue weighted by Gasteiger charge is -2.07. The number of benzene rings is 1. The first kappa shape index (κ1) is 14.9. The Kier molecular flexibility index (Phi) is 4.44. The topological polar surface area (TPSA) is 110 Å². The first-order chi connectivity index (χ1) is 10.0. The van der Waals surface area contributed by atoms with Crippen LogP contribution in [-0.2, 0) is 6.54 Å². The molecule has 1 aromatic heterocycles. The number of rotatable bonds is 5. The highest BCUT2D eigenvalue weighted by molar-refractivity contribution is 7.19. The van der Waals surface area contributed by atoms with Crippen LogP contribution in [-0.4, -0.2) is 18.9 Å². The van der Waals surface area contributed by atoms with Crippen molar-refractivity contribution in [2.75, 3.05) is 18.1 Å². The Balaban J connectivity index is 2.31. The van der Waals surface area contributed by atoms with Gasteiger partial charge in [-0.15, -0.1) is 11.3 Å². The fourth-order valence-corrected chi connectivity index (χ4v) is 2.85. The number of carbonyl (C=O) groups excluding carboxylic acids is 2. The first-order valence-electron chi connectivity index (χ1n) is 6.26. The van der Waals surface area contributed by atoms with E-state index in [1.165, 1.54) is 7.05 Å². The third-order valence-corrected chi connectivity index (χ3v) is 4.10. The summed E-state index contributed by atoms with van der Waals surface area (Å²) in [4.78, 5) is 23.5. The highest BCUT2D eigenvalue weighted by Gasteiger charge is 2.23. The molecule has 7 heteroatoms. The molecule has 6 N–H and O–H groups in total. The van der Waals surface area contributed by atoms with Crippen LogP contribution in [0.5, 0.6) is 0 Å². The van der Waals surface area contributed by atoms with E-state index in [0.717, 1.165) is 16.9 Å². The Morgan fingerprint density at radius 2 is 1.90 bits per heavy atom. The number of nitrogens with one attached hydrogen (secondary N) is 2. The lowest BCUT2D eigenvalue weighted by molar-refractivity contribution is 0.0965. The lowest BCUT2D eigenvalue weighted by Crippen LogP contribution is -2.20. The number of amides is 2. The average Bonchev–Trinajstić information content (AvgIpc) is 2.82. The second-order valence-corrected chi connectivity index (χ2v) is 5.35. The van der Waals surface area contributed by atoms with Crippen LogP contribution in [0.25, 0.3) is 0 Å². The molecule has 0 saturated heterocycles. The highest BCUT2D eigenvalue weighted by Crippen LogP contribution is 2.35. The quantitative estimate of drug-likeness (QED) is 0.669. The van der Waals surface area contributed by atoms with Gasteiger partial charge in [-0.25, -0.2) is 0 Å². The Morgan fingerprint density at radius 1 is 1.24 bits per heavy atom. The number of nitrogen functional groups attached to an aromatic ring is 1. The van der Waals surface area contributed by atoms with Gasteiger partial charge in [0.1, 0.15) is 9.88 Å². The molecule has 0 unspecified atom stereocenters. The summed E-state index contributed by atoms with van der Waals surface area (Å²) in [7, 11) is 1.50. The number of thiophene rings is 1. The SMILES string of the molecule is CNC(=O)c1c(NCc2ccccc2)sc(C(N)=O)c1N. The summed E-state index contributed by atoms with van der Waals surface area (Å²) in [5.74, 6) is -0.998. The molecular weight excluding hydrogens is 288 g/mol. The van der Waals surface area contributed by atoms with Gasteiger partial charge in [-0.2, -0.15) is 0 Å². The van der Waals surface area contributed by atoms with Gasteiger partial charge in [0.25, 0.3) is 11.8 Å². The molecule has 1 heterocycles. The van der Waals surface area contributed by atoms with Crippen molar-refractivity contribution < 1.29 is 9.59 Å². The molecule has 0 radical (unpaired) electrons. The molecule has 2 rings (SSSR count). The monoisotopic (exact) mass is 304 g/mol. The minimum absolute atomic E-state index is 0.113. The van der Waals surface area contributed by atoms with E-state index in [9.17, 15) is 9.59 Å². The van der Waals surface area contributed by atoms with Gasteiger partial charge in [-0.05, 0) is 5.56 Å². The predicted octanol–water partition coefficient (Wildman–Crippen LogP) is 1.40. The van der Waals surface area contributed by atoms with Gasteiger partial charge in [0.2, 0.25) is 0 Å². The van der Waals surface area contributed by atoms with E-state index in [4.69, 9.17) is 11.5 Å². The molecule has 1 aromatic carbocycles. The van der Waals surface area contributed by atoms with Crippen molar-refractivity contribution in [1.29, 1.82) is 0 Å². The maximum absolute atomic E-state index is 11.9. The van der Waals surface area contributed by atoms with E-state index < -0.39 is 5.91 Å². The average molecular weight is 304 g/mol. The summed E-state index contributed by atoms with van der Waals surface area (Å²) in [6, 6.07) is 9.69. The summed E-state index contributed by atoms with van der Waals surface area (Å²) in [6.07, 6.45) is 0. The van der Waals surface area contributed by atoms with Gasteiger partial charge in [-0.3, -0.25) is 9.59 Å². The highest BCUT2D eigenvalue weighted by atomic mass is 32.1. The molecule has 6 nitrogen and oxygen atoms in total. The van der Waals surface area contributed by atoms with Crippen LogP contribution in [0.15, 0.2) is 30.3 Å². The molecule has 110 valence electrons. The summed E-state index contributed by atoms with van der Waals surface area (Å²) in [6.45, 7) is 0.517. The number of nitrogens with two attached hydrogens (primary N) is 2. The lowest BCUT2D eigenvalue weighted by atomic mass is 10.2. The second kappa shape index (κ2) is 6.27. The Morgan fingerprint density at radius 3 is 2.48 bits per heavy atom. The van der Waals surface area contributed by atoms with Crippen molar-refractivity contribution in [2.45, 2.75) is 6.54 Å². The van der Waals surface area contributed by atoms with Gasteiger partial charge in [0.05, 0.1) is 11.3 Å². The van der Waals surface area contributed by atoms with Gasteiger partial charge in [-0.1, -0.05) is 30.3 Å². The molecule has 0 fully saturated rings. The fourth-order valence-electron chi connectivity index (χ4n) is 1.88. The number of anilines is 2. The summed E-state index contributed by atoms with van der Waals surface area (Å²) in [5, 5.41) is 6.17. The molecule has 21 heavy (non-hydrogen) atoms. The summed E-state index contributed by atoms with van der Waals surface area (Å²) in [5.41, 5.74) is 12.6. The molecule has 0 saturated carbocycles. The second-order valence-electron chi connectivity index (χ2n) is 4.33. The molecule has 0 aliphatic heterocycles. The van der Waals surface area contributed by atoms with E-state index in [1.807, 2.05) is 30.3 Å². The minimum Gasteiger partial charge on any atom is -0.397 e. The summed E-state index contributed by atoms with van der Waals surface area (Å²) >= 11 is 1.09. The van der Waals surface area contributed by atoms with Crippen LogP contribution < -0.4 is 22.1 Å². The van der Waals surface area contributed by atoms with Crippen LogP contribution in [0.2, 0.25) is 0 Å². The third-order valence-electron chi connectivity index (χ3n) is 2.92. The standard InChI is InChI=1S/C14H16N4O2S/c1-17-13(20)9-10(15)11(12(16)19)21-14(9)18-7-8-5-3-2-4-6-8/h2-6,18H,7,15H2,1H3,(H2,16,19)(H,17,20). The van der Waals surface area contributed by atoms with Crippen molar-refractivity contribution >= 4 is 33.8 Å². The number of carbonyl (C=O) groups is 2. The third kappa shape index (κ3) is 3.14. The van der Waals surface area contributed by atoms with Crippen molar-refractivity contribution in [3.63, 3.8) is 0 Å². The van der Waals surface area contributed by atoms with Crippen LogP contribution in [0.3, 0.4) is 0 Å². The molecule has 0 bridgehead atoms. The molecule has 0 aliphatic rings. The Bertz CT molecular complexity index is 667. The van der Waals surface area contributed by atoms with Gasteiger partial charge >= 0.3 is 0 Å². The van der Waals surface area contributed by atoms with Crippen molar-refractivity contribution in [1.82, 2.24) is 5.32 Å². The van der Waals surface area contributed by atoms with E-state index >= 15 is 0 Å². The first-order valence-corrected chi connectivity index (χ1v) is 7.08. The molecule has 0 aliphatic carbocycles. The van der Waals surface area contributed by atoms with Crippen LogP contribution in [0, 0.1) is 0 Å². The maximum Gasteiger partial charge on any atom is 0.260 e. The fraction of sp³-hybridized carbons (Fsp3) is 0.143. The van der Waals surface area contributed by atoms with Gasteiger partial charge < -0.3 is 22.1 Å². The molecule has 2 aromatic rings. The largest absolute Gasteiger partial charge is 0.397 e. The Labute approximate surface area is 126 Å².